The molecule has 0 aliphatic carbocycles. The predicted octanol–water partition coefficient (Wildman–Crippen LogP) is 2.98. The molecule has 0 fully saturated rings. The Morgan fingerprint density at radius 3 is 2.12 bits per heavy atom. The normalized spacial score (nSPS) is 12.7. The van der Waals surface area contributed by atoms with Crippen LogP contribution in [0.4, 0.5) is 0 Å². The zero-order valence-corrected chi connectivity index (χ0v) is 15.7. The summed E-state index contributed by atoms with van der Waals surface area (Å²) in [5, 5.41) is 10.1. The number of likely N-dealkylation sites (N-methyl/N-ethyl adjacent to an activating group) is 1. The highest BCUT2D eigenvalue weighted by Crippen LogP contribution is 2.26. The van der Waals surface area contributed by atoms with Crippen LogP contribution < -0.4 is 4.74 Å². The van der Waals surface area contributed by atoms with Crippen molar-refractivity contribution in [3.63, 3.8) is 0 Å². The fourth-order valence-corrected chi connectivity index (χ4v) is 2.93. The quantitative estimate of drug-likeness (QED) is 0.621. The maximum absolute atomic E-state index is 12.6. The number of nitrogens with zero attached hydrogens (tertiary/aromatic N) is 1. The first-order valence-corrected chi connectivity index (χ1v) is 8.49. The Morgan fingerprint density at radius 2 is 1.60 bits per heavy atom. The average molecular weight is 342 g/mol. The summed E-state index contributed by atoms with van der Waals surface area (Å²) in [5.74, 6) is 0.744. The number of aliphatic hydroxyl groups is 1. The summed E-state index contributed by atoms with van der Waals surface area (Å²) in [4.78, 5) is 12.6. The summed E-state index contributed by atoms with van der Waals surface area (Å²) in [7, 11) is 6.09. The fraction of sp³-hybridized carbons (Fsp3) is 0.381. The van der Waals surface area contributed by atoms with Crippen LogP contribution in [-0.4, -0.2) is 55.8 Å². The molecule has 4 nitrogen and oxygen atoms in total. The maximum Gasteiger partial charge on any atom is 0.193 e. The van der Waals surface area contributed by atoms with Crippen LogP contribution in [0, 0.1) is 13.8 Å². The van der Waals surface area contributed by atoms with Crippen LogP contribution >= 0.6 is 0 Å². The van der Waals surface area contributed by atoms with Crippen LogP contribution in [-0.2, 0) is 0 Å². The molecule has 1 unspecified atom stereocenters. The molecule has 0 spiro atoms. The lowest BCUT2D eigenvalue weighted by atomic mass is 9.98. The van der Waals surface area contributed by atoms with Crippen molar-refractivity contribution in [3.8, 4) is 5.75 Å². The van der Waals surface area contributed by atoms with Gasteiger partial charge in [0.1, 0.15) is 25.0 Å². The Labute approximate surface area is 150 Å². The first-order valence-electron chi connectivity index (χ1n) is 8.49. The van der Waals surface area contributed by atoms with Crippen LogP contribution in [0.1, 0.15) is 27.0 Å². The molecule has 0 aliphatic rings. The number of aryl methyl sites for hydroxylation is 2. The summed E-state index contributed by atoms with van der Waals surface area (Å²) in [6.45, 7) is 4.71. The number of ketones is 1. The summed E-state index contributed by atoms with van der Waals surface area (Å²) in [6.07, 6.45) is -0.538. The Balaban J connectivity index is 2.14. The average Bonchev–Trinajstić information content (AvgIpc) is 2.52. The number of ether oxygens (including phenoxy) is 1. The number of aliphatic hydroxyl groups excluding tert-OH is 1. The number of hydrogen-bond donors (Lipinski definition) is 1. The van der Waals surface area contributed by atoms with Crippen molar-refractivity contribution in [2.45, 2.75) is 20.0 Å². The molecule has 1 atom stereocenters. The van der Waals surface area contributed by atoms with E-state index >= 15 is 0 Å². The van der Waals surface area contributed by atoms with E-state index in [9.17, 15) is 9.90 Å². The monoisotopic (exact) mass is 342 g/mol. The van der Waals surface area contributed by atoms with E-state index in [4.69, 9.17) is 4.74 Å². The number of carbonyl (C=O) groups excluding carboxylic acids is 1. The highest BCUT2D eigenvalue weighted by atomic mass is 16.5. The molecule has 0 saturated carbocycles. The zero-order chi connectivity index (χ0) is 18.6. The maximum atomic E-state index is 12.6. The Morgan fingerprint density at radius 1 is 1.04 bits per heavy atom. The third kappa shape index (κ3) is 5.41. The summed E-state index contributed by atoms with van der Waals surface area (Å²) >= 11 is 0. The van der Waals surface area contributed by atoms with Crippen molar-refractivity contribution in [2.24, 2.45) is 0 Å². The van der Waals surface area contributed by atoms with Crippen molar-refractivity contribution in [1.29, 1.82) is 0 Å². The van der Waals surface area contributed by atoms with Gasteiger partial charge in [-0.25, -0.2) is 0 Å². The van der Waals surface area contributed by atoms with Crippen LogP contribution in [0.2, 0.25) is 0 Å². The summed E-state index contributed by atoms with van der Waals surface area (Å²) in [6, 6.07) is 13.0. The van der Waals surface area contributed by atoms with E-state index in [2.05, 4.69) is 0 Å². The molecule has 0 bridgehead atoms. The third-order valence-electron chi connectivity index (χ3n) is 3.94. The van der Waals surface area contributed by atoms with Crippen LogP contribution in [0.5, 0.6) is 5.75 Å². The first-order chi connectivity index (χ1) is 11.7. The second kappa shape index (κ2) is 7.81. The van der Waals surface area contributed by atoms with Gasteiger partial charge >= 0.3 is 0 Å². The van der Waals surface area contributed by atoms with Crippen LogP contribution in [0.15, 0.2) is 42.5 Å². The Bertz CT molecular complexity index is 710. The minimum Gasteiger partial charge on any atom is -0.490 e. The van der Waals surface area contributed by atoms with Gasteiger partial charge in [-0.2, -0.15) is 0 Å². The lowest BCUT2D eigenvalue weighted by Crippen LogP contribution is -2.43. The molecule has 0 heterocycles. The van der Waals surface area contributed by atoms with Gasteiger partial charge in [-0.1, -0.05) is 30.3 Å². The van der Waals surface area contributed by atoms with Gasteiger partial charge in [0.15, 0.2) is 5.78 Å². The van der Waals surface area contributed by atoms with Crippen molar-refractivity contribution in [3.05, 3.63) is 64.7 Å². The number of benzene rings is 2. The van der Waals surface area contributed by atoms with E-state index in [-0.39, 0.29) is 12.4 Å². The van der Waals surface area contributed by atoms with Crippen molar-refractivity contribution < 1.29 is 19.1 Å². The highest BCUT2D eigenvalue weighted by molar-refractivity contribution is 6.09. The van der Waals surface area contributed by atoms with Crippen LogP contribution in [0.3, 0.4) is 0 Å². The molecule has 0 aromatic heterocycles. The minimum atomic E-state index is -0.538. The number of hydrogen-bond acceptors (Lipinski definition) is 3. The smallest absolute Gasteiger partial charge is 0.193 e. The van der Waals surface area contributed by atoms with Crippen molar-refractivity contribution in [2.75, 3.05) is 34.3 Å². The minimum absolute atomic E-state index is 0.00316. The molecule has 0 amide bonds. The molecule has 2 aromatic carbocycles. The van der Waals surface area contributed by atoms with Crippen molar-refractivity contribution >= 4 is 5.78 Å². The van der Waals surface area contributed by atoms with E-state index in [0.717, 1.165) is 16.9 Å². The van der Waals surface area contributed by atoms with Gasteiger partial charge in [0.05, 0.1) is 21.1 Å². The highest BCUT2D eigenvalue weighted by Gasteiger charge is 2.18. The molecule has 0 aliphatic heterocycles. The van der Waals surface area contributed by atoms with E-state index in [1.54, 1.807) is 0 Å². The number of rotatable bonds is 7. The predicted molar refractivity (Wildman–Crippen MR) is 100 cm³/mol. The SMILES string of the molecule is Cc1cc(C(=O)c2ccccc2)cc(C)c1OCC(O)C[N+](C)(C)C. The van der Waals surface area contributed by atoms with E-state index < -0.39 is 6.10 Å². The zero-order valence-electron chi connectivity index (χ0n) is 15.7. The van der Waals surface area contributed by atoms with Gasteiger partial charge in [0.25, 0.3) is 0 Å². The molecule has 2 rings (SSSR count). The lowest BCUT2D eigenvalue weighted by Gasteiger charge is -2.27. The van der Waals surface area contributed by atoms with Gasteiger partial charge in [-0.15, -0.1) is 0 Å². The number of quaternary nitrogens is 1. The molecule has 2 aromatic rings. The largest absolute Gasteiger partial charge is 0.490 e. The van der Waals surface area contributed by atoms with Gasteiger partial charge in [0.2, 0.25) is 0 Å². The molecule has 25 heavy (non-hydrogen) atoms. The van der Waals surface area contributed by atoms with E-state index in [1.165, 1.54) is 0 Å². The first kappa shape index (κ1) is 19.2. The molecule has 1 N–H and O–H groups in total. The lowest BCUT2D eigenvalue weighted by molar-refractivity contribution is -0.873. The molecule has 0 saturated heterocycles. The van der Waals surface area contributed by atoms with Gasteiger partial charge in [-0.05, 0) is 37.1 Å². The van der Waals surface area contributed by atoms with Gasteiger partial charge < -0.3 is 14.3 Å². The van der Waals surface area contributed by atoms with E-state index in [0.29, 0.717) is 22.2 Å². The second-order valence-corrected chi connectivity index (χ2v) is 7.57. The Hall–Kier alpha value is -2.17. The molecule has 134 valence electrons. The van der Waals surface area contributed by atoms with Crippen molar-refractivity contribution in [1.82, 2.24) is 0 Å². The fourth-order valence-electron chi connectivity index (χ4n) is 2.93. The molecular weight excluding hydrogens is 314 g/mol. The number of carbonyl (C=O) groups is 1. The van der Waals surface area contributed by atoms with Crippen LogP contribution in [0.25, 0.3) is 0 Å². The molecular formula is C21H28NO3+. The van der Waals surface area contributed by atoms with E-state index in [1.807, 2.05) is 77.5 Å². The topological polar surface area (TPSA) is 46.5 Å². The standard InChI is InChI=1S/C21H28NO3/c1-15-11-18(20(24)17-9-7-6-8-10-17)12-16(2)21(15)25-14-19(23)13-22(3,4)5/h6-12,19,23H,13-14H2,1-5H3/q+1. The third-order valence-corrected chi connectivity index (χ3v) is 3.94. The van der Waals surface area contributed by atoms with Gasteiger partial charge in [0, 0.05) is 11.1 Å². The summed E-state index contributed by atoms with van der Waals surface area (Å²) in [5.41, 5.74) is 3.13. The second-order valence-electron chi connectivity index (χ2n) is 7.57. The Kier molecular flexibility index (Phi) is 5.98. The van der Waals surface area contributed by atoms with Gasteiger partial charge in [-0.3, -0.25) is 4.79 Å². The molecule has 0 radical (unpaired) electrons. The molecule has 4 heteroatoms. The summed E-state index contributed by atoms with van der Waals surface area (Å²) < 4.78 is 6.52.